The molecule has 0 atom stereocenters. The maximum atomic E-state index is 12.4. The highest BCUT2D eigenvalue weighted by Crippen LogP contribution is 2.22. The van der Waals surface area contributed by atoms with Gasteiger partial charge in [0, 0.05) is 17.3 Å². The highest BCUT2D eigenvalue weighted by molar-refractivity contribution is 7.80. The van der Waals surface area contributed by atoms with E-state index in [0.29, 0.717) is 5.56 Å². The molecule has 0 fully saturated rings. The van der Waals surface area contributed by atoms with Crippen LogP contribution < -0.4 is 15.4 Å². The van der Waals surface area contributed by atoms with Crippen LogP contribution in [-0.4, -0.2) is 17.1 Å². The molecule has 0 heterocycles. The van der Waals surface area contributed by atoms with Crippen LogP contribution in [0.2, 0.25) is 0 Å². The third-order valence-electron chi connectivity index (χ3n) is 3.70. The fourth-order valence-electron chi connectivity index (χ4n) is 2.38. The van der Waals surface area contributed by atoms with E-state index >= 15 is 0 Å². The molecule has 0 spiro atoms. The zero-order valence-electron chi connectivity index (χ0n) is 15.9. The summed E-state index contributed by atoms with van der Waals surface area (Å²) in [5.74, 6) is 0.509. The van der Waals surface area contributed by atoms with Crippen molar-refractivity contribution in [2.45, 2.75) is 46.1 Å². The van der Waals surface area contributed by atoms with Crippen LogP contribution in [0.3, 0.4) is 0 Å². The molecule has 0 aromatic heterocycles. The smallest absolute Gasteiger partial charge is 0.257 e. The van der Waals surface area contributed by atoms with Crippen LogP contribution in [-0.2, 0) is 5.41 Å². The Morgan fingerprint density at radius 2 is 1.73 bits per heavy atom. The van der Waals surface area contributed by atoms with Gasteiger partial charge in [0.05, 0.1) is 6.10 Å². The van der Waals surface area contributed by atoms with Crippen LogP contribution in [0.15, 0.2) is 48.5 Å². The zero-order chi connectivity index (χ0) is 19.3. The lowest BCUT2D eigenvalue weighted by molar-refractivity contribution is 0.0977. The maximum absolute atomic E-state index is 12.4. The van der Waals surface area contributed by atoms with Crippen molar-refractivity contribution in [1.82, 2.24) is 5.32 Å². The van der Waals surface area contributed by atoms with Crippen molar-refractivity contribution in [1.29, 1.82) is 0 Å². The monoisotopic (exact) mass is 370 g/mol. The summed E-state index contributed by atoms with van der Waals surface area (Å²) >= 11 is 5.24. The van der Waals surface area contributed by atoms with Gasteiger partial charge in [-0.3, -0.25) is 10.1 Å². The first-order chi connectivity index (χ1) is 12.1. The fraction of sp³-hybridized carbons (Fsp3) is 0.333. The zero-order valence-corrected chi connectivity index (χ0v) is 16.7. The van der Waals surface area contributed by atoms with E-state index in [4.69, 9.17) is 17.0 Å². The first kappa shape index (κ1) is 19.9. The average Bonchev–Trinajstić information content (AvgIpc) is 2.53. The lowest BCUT2D eigenvalue weighted by Crippen LogP contribution is -2.34. The molecule has 0 aliphatic heterocycles. The van der Waals surface area contributed by atoms with Crippen molar-refractivity contribution in [3.63, 3.8) is 0 Å². The van der Waals surface area contributed by atoms with E-state index in [9.17, 15) is 4.79 Å². The molecule has 0 aliphatic rings. The van der Waals surface area contributed by atoms with Gasteiger partial charge in [0.15, 0.2) is 5.11 Å². The Morgan fingerprint density at radius 3 is 2.31 bits per heavy atom. The molecular formula is C21H26N2O2S. The molecule has 4 nitrogen and oxygen atoms in total. The quantitative estimate of drug-likeness (QED) is 0.752. The van der Waals surface area contributed by atoms with E-state index in [2.05, 4.69) is 31.4 Å². The molecule has 0 unspecified atom stereocenters. The van der Waals surface area contributed by atoms with E-state index in [-0.39, 0.29) is 22.5 Å². The minimum atomic E-state index is -0.238. The van der Waals surface area contributed by atoms with Crippen LogP contribution in [0.5, 0.6) is 5.75 Å². The summed E-state index contributed by atoms with van der Waals surface area (Å²) in [6, 6.07) is 15.0. The predicted octanol–water partition coefficient (Wildman–Crippen LogP) is 4.90. The summed E-state index contributed by atoms with van der Waals surface area (Å²) in [6.07, 6.45) is 0.0907. The van der Waals surface area contributed by atoms with Crippen LogP contribution in [0.25, 0.3) is 0 Å². The molecule has 138 valence electrons. The second kappa shape index (κ2) is 8.32. The topological polar surface area (TPSA) is 50.4 Å². The number of hydrogen-bond donors (Lipinski definition) is 2. The molecule has 2 N–H and O–H groups in total. The minimum Gasteiger partial charge on any atom is -0.491 e. The molecule has 5 heteroatoms. The van der Waals surface area contributed by atoms with Crippen molar-refractivity contribution in [2.75, 3.05) is 5.32 Å². The second-order valence-corrected chi connectivity index (χ2v) is 7.84. The molecule has 2 aromatic carbocycles. The van der Waals surface area contributed by atoms with Gasteiger partial charge in [-0.2, -0.15) is 0 Å². The Morgan fingerprint density at radius 1 is 1.08 bits per heavy atom. The number of ether oxygens (including phenoxy) is 1. The molecule has 1 amide bonds. The number of benzene rings is 2. The van der Waals surface area contributed by atoms with Crippen LogP contribution >= 0.6 is 12.2 Å². The van der Waals surface area contributed by atoms with E-state index in [1.54, 1.807) is 0 Å². The van der Waals surface area contributed by atoms with Gasteiger partial charge in [-0.15, -0.1) is 0 Å². The average molecular weight is 371 g/mol. The summed E-state index contributed by atoms with van der Waals surface area (Å²) in [5.41, 5.74) is 2.56. The van der Waals surface area contributed by atoms with Gasteiger partial charge < -0.3 is 10.1 Å². The van der Waals surface area contributed by atoms with Crippen LogP contribution in [0, 0.1) is 0 Å². The first-order valence-corrected chi connectivity index (χ1v) is 9.05. The SMILES string of the molecule is CC(C)Oc1cccc(NC(=S)NC(=O)c2ccc(C(C)(C)C)cc2)c1. The normalized spacial score (nSPS) is 11.2. The van der Waals surface area contributed by atoms with Crippen molar-refractivity contribution < 1.29 is 9.53 Å². The molecule has 0 saturated heterocycles. The van der Waals surface area contributed by atoms with Gasteiger partial charge in [-0.25, -0.2) is 0 Å². The fourth-order valence-corrected chi connectivity index (χ4v) is 2.59. The van der Waals surface area contributed by atoms with E-state index < -0.39 is 0 Å². The first-order valence-electron chi connectivity index (χ1n) is 8.65. The van der Waals surface area contributed by atoms with Gasteiger partial charge in [0.1, 0.15) is 5.75 Å². The lowest BCUT2D eigenvalue weighted by Gasteiger charge is -2.19. The van der Waals surface area contributed by atoms with Gasteiger partial charge in [0.2, 0.25) is 0 Å². The van der Waals surface area contributed by atoms with Gasteiger partial charge in [-0.1, -0.05) is 39.0 Å². The molecule has 0 aliphatic carbocycles. The summed E-state index contributed by atoms with van der Waals surface area (Å²) < 4.78 is 5.65. The van der Waals surface area contributed by atoms with Crippen molar-refractivity contribution in [3.05, 3.63) is 59.7 Å². The maximum Gasteiger partial charge on any atom is 0.257 e. The van der Waals surface area contributed by atoms with Crippen molar-refractivity contribution in [3.8, 4) is 5.75 Å². The number of thiocarbonyl (C=S) groups is 1. The second-order valence-electron chi connectivity index (χ2n) is 7.43. The number of carbonyl (C=O) groups is 1. The summed E-state index contributed by atoms with van der Waals surface area (Å²) in [7, 11) is 0. The summed E-state index contributed by atoms with van der Waals surface area (Å²) in [4.78, 5) is 12.4. The van der Waals surface area contributed by atoms with Crippen LogP contribution in [0.4, 0.5) is 5.69 Å². The largest absolute Gasteiger partial charge is 0.491 e. The molecular weight excluding hydrogens is 344 g/mol. The number of rotatable bonds is 4. The number of anilines is 1. The number of amides is 1. The molecule has 2 rings (SSSR count). The van der Waals surface area contributed by atoms with E-state index in [0.717, 1.165) is 11.4 Å². The minimum absolute atomic E-state index is 0.0505. The number of nitrogens with one attached hydrogen (secondary N) is 2. The third-order valence-corrected chi connectivity index (χ3v) is 3.91. The van der Waals surface area contributed by atoms with E-state index in [1.807, 2.05) is 62.4 Å². The Balaban J connectivity index is 1.98. The Kier molecular flexibility index (Phi) is 6.37. The third kappa shape index (κ3) is 5.85. The van der Waals surface area contributed by atoms with Crippen LogP contribution in [0.1, 0.15) is 50.5 Å². The summed E-state index contributed by atoms with van der Waals surface area (Å²) in [6.45, 7) is 10.3. The Bertz CT molecular complexity index is 777. The highest BCUT2D eigenvalue weighted by atomic mass is 32.1. The Hall–Kier alpha value is -2.40. The predicted molar refractivity (Wildman–Crippen MR) is 111 cm³/mol. The summed E-state index contributed by atoms with van der Waals surface area (Å²) in [5, 5.41) is 5.96. The molecule has 0 saturated carbocycles. The van der Waals surface area contributed by atoms with Crippen molar-refractivity contribution >= 4 is 28.9 Å². The lowest BCUT2D eigenvalue weighted by atomic mass is 9.87. The molecule has 26 heavy (non-hydrogen) atoms. The van der Waals surface area contributed by atoms with E-state index in [1.165, 1.54) is 5.56 Å². The van der Waals surface area contributed by atoms with Gasteiger partial charge >= 0.3 is 0 Å². The molecule has 0 radical (unpaired) electrons. The van der Waals surface area contributed by atoms with Gasteiger partial charge in [-0.05, 0) is 61.3 Å². The Labute approximate surface area is 161 Å². The molecule has 0 bridgehead atoms. The number of carbonyl (C=O) groups excluding carboxylic acids is 1. The molecule has 2 aromatic rings. The standard InChI is InChI=1S/C21H26N2O2S/c1-14(2)25-18-8-6-7-17(13-18)22-20(26)23-19(24)15-9-11-16(12-10-15)21(3,4)5/h6-14H,1-5H3,(H2,22,23,24,26). The highest BCUT2D eigenvalue weighted by Gasteiger charge is 2.14. The van der Waals surface area contributed by atoms with Crippen molar-refractivity contribution in [2.24, 2.45) is 0 Å². The number of hydrogen-bond acceptors (Lipinski definition) is 3. The van der Waals surface area contributed by atoms with Gasteiger partial charge in [0.25, 0.3) is 5.91 Å².